The van der Waals surface area contributed by atoms with E-state index in [1.165, 1.54) is 12.1 Å². The number of aliphatic hydroxyl groups excluding tert-OH is 1. The molecule has 0 aliphatic carbocycles. The van der Waals surface area contributed by atoms with Crippen LogP contribution in [0.25, 0.3) is 17.0 Å². The number of halogens is 2. The highest BCUT2D eigenvalue weighted by Crippen LogP contribution is 2.37. The summed E-state index contributed by atoms with van der Waals surface area (Å²) >= 11 is 3.59. The largest absolute Gasteiger partial charge is 0.387 e. The molecule has 1 N–H and O–H groups in total. The Morgan fingerprint density at radius 3 is 2.57 bits per heavy atom. The van der Waals surface area contributed by atoms with Crippen molar-refractivity contribution in [3.63, 3.8) is 0 Å². The van der Waals surface area contributed by atoms with Crippen LogP contribution in [0.5, 0.6) is 0 Å². The van der Waals surface area contributed by atoms with Gasteiger partial charge in [0.2, 0.25) is 0 Å². The van der Waals surface area contributed by atoms with Crippen LogP contribution in [0.4, 0.5) is 4.39 Å². The van der Waals surface area contributed by atoms with Gasteiger partial charge in [-0.2, -0.15) is 0 Å². The SMILES string of the molecule is OC1/C(=C/c2cn(Cc3ccc(F)cc3)c3ccc(Br)cc23)N2CCC1CC2. The van der Waals surface area contributed by atoms with Crippen LogP contribution in [-0.2, 0) is 6.54 Å². The van der Waals surface area contributed by atoms with Gasteiger partial charge in [0.25, 0.3) is 0 Å². The maximum Gasteiger partial charge on any atom is 0.123 e. The van der Waals surface area contributed by atoms with Crippen LogP contribution in [0, 0.1) is 11.7 Å². The first-order valence-electron chi connectivity index (χ1n) is 9.76. The van der Waals surface area contributed by atoms with Crippen molar-refractivity contribution >= 4 is 32.9 Å². The molecule has 3 aliphatic heterocycles. The summed E-state index contributed by atoms with van der Waals surface area (Å²) < 4.78 is 16.5. The molecule has 0 radical (unpaired) electrons. The summed E-state index contributed by atoms with van der Waals surface area (Å²) in [6.45, 7) is 2.74. The lowest BCUT2D eigenvalue weighted by Crippen LogP contribution is -2.48. The first-order valence-corrected chi connectivity index (χ1v) is 10.6. The van der Waals surface area contributed by atoms with E-state index in [9.17, 15) is 9.50 Å². The monoisotopic (exact) mass is 440 g/mol. The van der Waals surface area contributed by atoms with Crippen LogP contribution < -0.4 is 0 Å². The third-order valence-corrected chi connectivity index (χ3v) is 6.59. The molecule has 3 nitrogen and oxygen atoms in total. The smallest absolute Gasteiger partial charge is 0.123 e. The predicted octanol–water partition coefficient (Wildman–Crippen LogP) is 5.02. The molecular weight excluding hydrogens is 419 g/mol. The van der Waals surface area contributed by atoms with Crippen molar-refractivity contribution in [3.05, 3.63) is 75.8 Å². The highest BCUT2D eigenvalue weighted by molar-refractivity contribution is 9.10. The summed E-state index contributed by atoms with van der Waals surface area (Å²) in [6, 6.07) is 12.9. The van der Waals surface area contributed by atoms with Crippen LogP contribution in [0.1, 0.15) is 24.0 Å². The average Bonchev–Trinajstić information content (AvgIpc) is 3.03. The van der Waals surface area contributed by atoms with E-state index >= 15 is 0 Å². The van der Waals surface area contributed by atoms with E-state index in [0.717, 1.165) is 58.1 Å². The Kier molecular flexibility index (Phi) is 4.52. The lowest BCUT2D eigenvalue weighted by Gasteiger charge is -2.45. The molecular formula is C23H22BrFN2O. The van der Waals surface area contributed by atoms with E-state index < -0.39 is 0 Å². The van der Waals surface area contributed by atoms with Crippen molar-refractivity contribution in [2.75, 3.05) is 13.1 Å². The van der Waals surface area contributed by atoms with Crippen molar-refractivity contribution in [1.29, 1.82) is 0 Å². The number of piperidine rings is 3. The summed E-state index contributed by atoms with van der Waals surface area (Å²) in [6.07, 6.45) is 6.09. The van der Waals surface area contributed by atoms with Crippen molar-refractivity contribution in [2.24, 2.45) is 5.92 Å². The van der Waals surface area contributed by atoms with Gasteiger partial charge in [-0.1, -0.05) is 28.1 Å². The van der Waals surface area contributed by atoms with Gasteiger partial charge < -0.3 is 14.6 Å². The zero-order chi connectivity index (χ0) is 19.3. The number of aliphatic hydroxyl groups is 1. The van der Waals surface area contributed by atoms with Crippen molar-refractivity contribution in [1.82, 2.24) is 9.47 Å². The van der Waals surface area contributed by atoms with Crippen LogP contribution >= 0.6 is 15.9 Å². The van der Waals surface area contributed by atoms with E-state index in [-0.39, 0.29) is 11.9 Å². The first-order chi connectivity index (χ1) is 13.6. The molecule has 0 spiro atoms. The van der Waals surface area contributed by atoms with E-state index in [1.54, 1.807) is 0 Å². The molecule has 28 heavy (non-hydrogen) atoms. The summed E-state index contributed by atoms with van der Waals surface area (Å²) in [7, 11) is 0. The Bertz CT molecular complexity index is 1040. The molecule has 5 heteroatoms. The molecule has 0 amide bonds. The van der Waals surface area contributed by atoms with Gasteiger partial charge in [0, 0.05) is 52.5 Å². The minimum absolute atomic E-state index is 0.217. The molecule has 2 aromatic carbocycles. The number of nitrogens with zero attached hydrogens (tertiary/aromatic N) is 2. The van der Waals surface area contributed by atoms with Crippen LogP contribution in [-0.4, -0.2) is 33.8 Å². The quantitative estimate of drug-likeness (QED) is 0.619. The Balaban J connectivity index is 1.58. The molecule has 3 aromatic rings. The Morgan fingerprint density at radius 1 is 1.11 bits per heavy atom. The predicted molar refractivity (Wildman–Crippen MR) is 113 cm³/mol. The van der Waals surface area contributed by atoms with E-state index in [2.05, 4.69) is 49.8 Å². The van der Waals surface area contributed by atoms with Crippen molar-refractivity contribution < 1.29 is 9.50 Å². The second-order valence-electron chi connectivity index (χ2n) is 7.84. The average molecular weight is 441 g/mol. The molecule has 3 fully saturated rings. The second kappa shape index (κ2) is 7.05. The minimum Gasteiger partial charge on any atom is -0.387 e. The number of hydrogen-bond donors (Lipinski definition) is 1. The van der Waals surface area contributed by atoms with Crippen molar-refractivity contribution in [2.45, 2.75) is 25.5 Å². The fourth-order valence-electron chi connectivity index (χ4n) is 4.57. The molecule has 1 atom stereocenters. The summed E-state index contributed by atoms with van der Waals surface area (Å²) in [5, 5.41) is 11.9. The van der Waals surface area contributed by atoms with Crippen LogP contribution in [0.2, 0.25) is 0 Å². The zero-order valence-corrected chi connectivity index (χ0v) is 17.1. The number of fused-ring (bicyclic) bond motifs is 4. The summed E-state index contributed by atoms with van der Waals surface area (Å²) in [5.74, 6) is 0.168. The van der Waals surface area contributed by atoms with Gasteiger partial charge >= 0.3 is 0 Å². The third-order valence-electron chi connectivity index (χ3n) is 6.10. The topological polar surface area (TPSA) is 28.4 Å². The van der Waals surface area contributed by atoms with E-state index in [1.807, 2.05) is 18.2 Å². The minimum atomic E-state index is -0.370. The lowest BCUT2D eigenvalue weighted by molar-refractivity contribution is 0.0215. The van der Waals surface area contributed by atoms with E-state index in [0.29, 0.717) is 12.5 Å². The fraction of sp³-hybridized carbons (Fsp3) is 0.304. The molecule has 2 bridgehead atoms. The Labute approximate surface area is 172 Å². The standard InChI is InChI=1S/C23H22BrFN2O/c24-18-3-6-21-20(12-18)17(11-22-23(28)16-7-9-26(22)10-8-16)14-27(21)13-15-1-4-19(25)5-2-15/h1-6,11-12,14,16,23,28H,7-10,13H2/b22-11-. The number of aromatic nitrogens is 1. The number of rotatable bonds is 3. The van der Waals surface area contributed by atoms with Gasteiger partial charge in [0.15, 0.2) is 0 Å². The molecule has 144 valence electrons. The second-order valence-corrected chi connectivity index (χ2v) is 8.75. The molecule has 0 saturated carbocycles. The molecule has 1 aromatic heterocycles. The first kappa shape index (κ1) is 18.0. The normalized spacial score (nSPS) is 23.1. The van der Waals surface area contributed by atoms with Gasteiger partial charge in [-0.25, -0.2) is 4.39 Å². The summed E-state index contributed by atoms with van der Waals surface area (Å²) in [5.41, 5.74) is 4.34. The zero-order valence-electron chi connectivity index (χ0n) is 15.5. The highest BCUT2D eigenvalue weighted by atomic mass is 79.9. The Morgan fingerprint density at radius 2 is 1.86 bits per heavy atom. The maximum atomic E-state index is 13.2. The van der Waals surface area contributed by atoms with Gasteiger partial charge in [-0.3, -0.25) is 0 Å². The summed E-state index contributed by atoms with van der Waals surface area (Å²) in [4.78, 5) is 2.33. The maximum absolute atomic E-state index is 13.2. The number of benzene rings is 2. The number of hydrogen-bond acceptors (Lipinski definition) is 2. The fourth-order valence-corrected chi connectivity index (χ4v) is 4.93. The molecule has 4 heterocycles. The highest BCUT2D eigenvalue weighted by Gasteiger charge is 2.36. The molecule has 3 aliphatic rings. The van der Waals surface area contributed by atoms with Gasteiger partial charge in [-0.15, -0.1) is 0 Å². The van der Waals surface area contributed by atoms with Crippen molar-refractivity contribution in [3.8, 4) is 0 Å². The Hall–Kier alpha value is -2.11. The van der Waals surface area contributed by atoms with Crippen LogP contribution in [0.3, 0.4) is 0 Å². The lowest BCUT2D eigenvalue weighted by atomic mass is 9.83. The van der Waals surface area contributed by atoms with E-state index in [4.69, 9.17) is 0 Å². The molecule has 3 saturated heterocycles. The van der Waals surface area contributed by atoms with Gasteiger partial charge in [-0.05, 0) is 60.7 Å². The molecule has 1 unspecified atom stereocenters. The molecule has 6 rings (SSSR count). The van der Waals surface area contributed by atoms with Gasteiger partial charge in [0.1, 0.15) is 5.82 Å². The third kappa shape index (κ3) is 3.16. The van der Waals surface area contributed by atoms with Gasteiger partial charge in [0.05, 0.1) is 6.10 Å². The van der Waals surface area contributed by atoms with Crippen LogP contribution in [0.15, 0.2) is 58.8 Å².